The molecule has 1 aliphatic carbocycles. The van der Waals surface area contributed by atoms with Crippen molar-refractivity contribution < 1.29 is 22.9 Å². The molecule has 2 aliphatic heterocycles. The molecule has 2 aromatic carbocycles. The predicted octanol–water partition coefficient (Wildman–Crippen LogP) is 5.72. The smallest absolute Gasteiger partial charge is 0.264 e. The number of amides is 1. The van der Waals surface area contributed by atoms with E-state index in [4.69, 9.17) is 9.47 Å². The van der Waals surface area contributed by atoms with Gasteiger partial charge in [-0.05, 0) is 80.5 Å². The number of hydrogen-bond donors (Lipinski definition) is 0. The number of fused-ring (bicyclic) bond motifs is 2. The van der Waals surface area contributed by atoms with Crippen LogP contribution in [-0.4, -0.2) is 35.1 Å². The lowest BCUT2D eigenvalue weighted by Gasteiger charge is -2.33. The Morgan fingerprint density at radius 1 is 1.11 bits per heavy atom. The quantitative estimate of drug-likeness (QED) is 0.489. The molecule has 35 heavy (non-hydrogen) atoms. The zero-order valence-corrected chi connectivity index (χ0v) is 21.2. The number of hydrogen-bond acceptors (Lipinski definition) is 4. The number of rotatable bonds is 7. The molecule has 2 fully saturated rings. The van der Waals surface area contributed by atoms with Crippen LogP contribution in [0.1, 0.15) is 63.9 Å². The normalized spacial score (nSPS) is 24.4. The second-order valence-electron chi connectivity index (χ2n) is 9.97. The Labute approximate surface area is 209 Å². The number of benzene rings is 2. The highest BCUT2D eigenvalue weighted by molar-refractivity contribution is 7.85. The third-order valence-electron chi connectivity index (χ3n) is 7.84. The second kappa shape index (κ2) is 10.4. The number of halogens is 1. The molecule has 5 rings (SSSR count). The summed E-state index contributed by atoms with van der Waals surface area (Å²) in [5, 5.41) is 0.0916. The van der Waals surface area contributed by atoms with E-state index in [0.29, 0.717) is 31.2 Å². The molecule has 3 aliphatic rings. The van der Waals surface area contributed by atoms with E-state index in [1.165, 1.54) is 31.4 Å². The number of ether oxygens (including phenoxy) is 2. The summed E-state index contributed by atoms with van der Waals surface area (Å²) in [5.41, 5.74) is 0.647. The highest BCUT2D eigenvalue weighted by Gasteiger charge is 2.53. The highest BCUT2D eigenvalue weighted by atomic mass is 32.2. The van der Waals surface area contributed by atoms with Crippen LogP contribution in [0.2, 0.25) is 0 Å². The van der Waals surface area contributed by atoms with Crippen molar-refractivity contribution in [3.05, 3.63) is 53.8 Å². The zero-order chi connectivity index (χ0) is 24.4. The Balaban J connectivity index is 1.38. The average molecular weight is 500 g/mol. The number of nitrogens with zero attached hydrogens (tertiary/aromatic N) is 1. The van der Waals surface area contributed by atoms with Gasteiger partial charge in [0.05, 0.1) is 23.0 Å². The van der Waals surface area contributed by atoms with Crippen molar-refractivity contribution in [2.75, 3.05) is 24.7 Å². The summed E-state index contributed by atoms with van der Waals surface area (Å²) in [6.45, 7) is 3.28. The first-order chi connectivity index (χ1) is 17.0. The molecular formula is C28H34FNO4S. The molecule has 0 N–H and O–H groups in total. The minimum absolute atomic E-state index is 0.0711. The van der Waals surface area contributed by atoms with Gasteiger partial charge in [0, 0.05) is 22.3 Å². The summed E-state index contributed by atoms with van der Waals surface area (Å²) < 4.78 is 38.7. The largest absolute Gasteiger partial charge is 0.492 e. The fourth-order valence-corrected chi connectivity index (χ4v) is 7.31. The molecule has 3 atom stereocenters. The maximum Gasteiger partial charge on any atom is 0.264 e. The second-order valence-corrected chi connectivity index (χ2v) is 11.8. The molecule has 1 saturated heterocycles. The molecule has 0 radical (unpaired) electrons. The molecule has 7 heteroatoms. The number of carbonyl (C=O) groups excluding carboxylic acids is 1. The van der Waals surface area contributed by atoms with Crippen LogP contribution in [-0.2, 0) is 25.9 Å². The van der Waals surface area contributed by atoms with Gasteiger partial charge in [-0.15, -0.1) is 0 Å². The predicted molar refractivity (Wildman–Crippen MR) is 135 cm³/mol. The van der Waals surface area contributed by atoms with Crippen molar-refractivity contribution in [2.24, 2.45) is 5.92 Å². The SMILES string of the molecule is CC(C1CCCCC1)S(=O)c1ccc2c(c1)C1(CCCCO1)C(=O)N2CCOc1ccc(F)cc1. The minimum atomic E-state index is -1.13. The lowest BCUT2D eigenvalue weighted by molar-refractivity contribution is -0.150. The van der Waals surface area contributed by atoms with E-state index in [2.05, 4.69) is 6.92 Å². The van der Waals surface area contributed by atoms with Crippen molar-refractivity contribution in [1.29, 1.82) is 0 Å². The molecule has 0 aromatic heterocycles. The lowest BCUT2D eigenvalue weighted by Crippen LogP contribution is -2.45. The third kappa shape index (κ3) is 4.77. The summed E-state index contributed by atoms with van der Waals surface area (Å²) in [7, 11) is -1.13. The molecule has 1 saturated carbocycles. The van der Waals surface area contributed by atoms with Crippen LogP contribution in [0.15, 0.2) is 47.4 Å². The van der Waals surface area contributed by atoms with E-state index < -0.39 is 16.4 Å². The Hall–Kier alpha value is -2.25. The molecule has 1 spiro atoms. The number of anilines is 1. The van der Waals surface area contributed by atoms with Crippen LogP contribution in [0.5, 0.6) is 5.75 Å². The first kappa shape index (κ1) is 24.4. The van der Waals surface area contributed by atoms with E-state index in [1.54, 1.807) is 17.0 Å². The van der Waals surface area contributed by atoms with Gasteiger partial charge in [0.25, 0.3) is 5.91 Å². The van der Waals surface area contributed by atoms with Gasteiger partial charge in [0.2, 0.25) is 0 Å². The molecule has 2 heterocycles. The molecule has 0 bridgehead atoms. The van der Waals surface area contributed by atoms with Gasteiger partial charge in [0.1, 0.15) is 18.2 Å². The zero-order valence-electron chi connectivity index (χ0n) is 20.3. The molecular weight excluding hydrogens is 465 g/mol. The summed E-state index contributed by atoms with van der Waals surface area (Å²) in [5.74, 6) is 0.658. The highest BCUT2D eigenvalue weighted by Crippen LogP contribution is 2.48. The summed E-state index contributed by atoms with van der Waals surface area (Å²) in [6, 6.07) is 11.7. The van der Waals surface area contributed by atoms with Crippen molar-refractivity contribution in [3.8, 4) is 5.75 Å². The lowest BCUT2D eigenvalue weighted by atomic mass is 9.87. The summed E-state index contributed by atoms with van der Waals surface area (Å²) in [6.07, 6.45) is 8.48. The third-order valence-corrected chi connectivity index (χ3v) is 9.62. The van der Waals surface area contributed by atoms with E-state index in [-0.39, 0.29) is 23.6 Å². The van der Waals surface area contributed by atoms with Crippen LogP contribution in [0.25, 0.3) is 0 Å². The van der Waals surface area contributed by atoms with Gasteiger partial charge in [-0.2, -0.15) is 0 Å². The van der Waals surface area contributed by atoms with E-state index in [9.17, 15) is 13.4 Å². The van der Waals surface area contributed by atoms with Gasteiger partial charge >= 0.3 is 0 Å². The van der Waals surface area contributed by atoms with E-state index in [0.717, 1.165) is 41.8 Å². The van der Waals surface area contributed by atoms with Crippen LogP contribution in [0.4, 0.5) is 10.1 Å². The first-order valence-corrected chi connectivity index (χ1v) is 14.1. The molecule has 188 valence electrons. The van der Waals surface area contributed by atoms with Gasteiger partial charge in [-0.25, -0.2) is 4.39 Å². The van der Waals surface area contributed by atoms with Gasteiger partial charge < -0.3 is 14.4 Å². The Kier molecular flexibility index (Phi) is 7.26. The Morgan fingerprint density at radius 2 is 1.89 bits per heavy atom. The molecule has 2 aromatic rings. The van der Waals surface area contributed by atoms with Crippen molar-refractivity contribution in [3.63, 3.8) is 0 Å². The van der Waals surface area contributed by atoms with Gasteiger partial charge in [-0.3, -0.25) is 9.00 Å². The first-order valence-electron chi connectivity index (χ1n) is 12.9. The fraction of sp³-hybridized carbons (Fsp3) is 0.536. The molecule has 3 unspecified atom stereocenters. The summed E-state index contributed by atoms with van der Waals surface area (Å²) >= 11 is 0. The van der Waals surface area contributed by atoms with Gasteiger partial charge in [-0.1, -0.05) is 26.2 Å². The van der Waals surface area contributed by atoms with E-state index in [1.807, 2.05) is 18.2 Å². The maximum absolute atomic E-state index is 13.7. The molecule has 5 nitrogen and oxygen atoms in total. The van der Waals surface area contributed by atoms with Crippen molar-refractivity contribution in [1.82, 2.24) is 0 Å². The Bertz CT molecular complexity index is 1080. The average Bonchev–Trinajstić information content (AvgIpc) is 3.12. The maximum atomic E-state index is 13.7. The number of carbonyl (C=O) groups is 1. The van der Waals surface area contributed by atoms with Gasteiger partial charge in [0.15, 0.2) is 5.60 Å². The molecule has 1 amide bonds. The monoisotopic (exact) mass is 499 g/mol. The standard InChI is InChI=1S/C28H34FNO4S/c1-20(21-7-3-2-4-8-21)35(32)24-13-14-26-25(19-24)28(15-5-6-17-34-28)27(31)30(26)16-18-33-23-11-9-22(29)10-12-23/h9-14,19-21H,2-8,15-18H2,1H3. The minimum Gasteiger partial charge on any atom is -0.492 e. The van der Waals surface area contributed by atoms with Crippen molar-refractivity contribution in [2.45, 2.75) is 74.0 Å². The fourth-order valence-electron chi connectivity index (χ4n) is 5.82. The summed E-state index contributed by atoms with van der Waals surface area (Å²) in [4.78, 5) is 16.2. The van der Waals surface area contributed by atoms with E-state index >= 15 is 0 Å². The van der Waals surface area contributed by atoms with Crippen LogP contribution in [0, 0.1) is 11.7 Å². The van der Waals surface area contributed by atoms with Crippen LogP contribution >= 0.6 is 0 Å². The van der Waals surface area contributed by atoms with Crippen LogP contribution < -0.4 is 9.64 Å². The topological polar surface area (TPSA) is 55.8 Å². The van der Waals surface area contributed by atoms with Crippen LogP contribution in [0.3, 0.4) is 0 Å². The van der Waals surface area contributed by atoms with Crippen molar-refractivity contribution >= 4 is 22.4 Å². The Morgan fingerprint density at radius 3 is 2.60 bits per heavy atom.